The van der Waals surface area contributed by atoms with E-state index < -0.39 is 0 Å². The molecule has 2 heterocycles. The Kier molecular flexibility index (Phi) is 3.52. The molecule has 20 heavy (non-hydrogen) atoms. The van der Waals surface area contributed by atoms with Crippen molar-refractivity contribution >= 4 is 28.3 Å². The summed E-state index contributed by atoms with van der Waals surface area (Å²) < 4.78 is 0. The maximum Gasteiger partial charge on any atom is 0.129 e. The summed E-state index contributed by atoms with van der Waals surface area (Å²) in [5, 5.41) is 1.78. The van der Waals surface area contributed by atoms with E-state index in [1.165, 1.54) is 0 Å². The van der Waals surface area contributed by atoms with Gasteiger partial charge in [0, 0.05) is 23.7 Å². The van der Waals surface area contributed by atoms with Crippen LogP contribution in [0.15, 0.2) is 54.7 Å². The Balaban J connectivity index is 1.88. The summed E-state index contributed by atoms with van der Waals surface area (Å²) in [5.74, 6) is 0.922. The van der Waals surface area contributed by atoms with Crippen molar-refractivity contribution in [3.05, 3.63) is 65.4 Å². The highest BCUT2D eigenvalue weighted by Gasteiger charge is 2.05. The van der Waals surface area contributed by atoms with Crippen LogP contribution < -0.4 is 4.90 Å². The fourth-order valence-electron chi connectivity index (χ4n) is 2.11. The van der Waals surface area contributed by atoms with Crippen molar-refractivity contribution in [2.45, 2.75) is 6.54 Å². The van der Waals surface area contributed by atoms with Gasteiger partial charge >= 0.3 is 0 Å². The van der Waals surface area contributed by atoms with Crippen molar-refractivity contribution in [2.75, 3.05) is 11.9 Å². The zero-order chi connectivity index (χ0) is 13.9. The molecule has 100 valence electrons. The first-order valence-electron chi connectivity index (χ1n) is 6.40. The van der Waals surface area contributed by atoms with E-state index in [9.17, 15) is 0 Å². The monoisotopic (exact) mass is 283 g/mol. The SMILES string of the molecule is CN(Cc1ccccn1)c1ccc2cc(Cl)ccc2n1. The van der Waals surface area contributed by atoms with Crippen LogP contribution >= 0.6 is 11.6 Å². The molecule has 0 aliphatic carbocycles. The van der Waals surface area contributed by atoms with Crippen LogP contribution in [0, 0.1) is 0 Å². The largest absolute Gasteiger partial charge is 0.354 e. The highest BCUT2D eigenvalue weighted by Crippen LogP contribution is 2.21. The summed E-state index contributed by atoms with van der Waals surface area (Å²) >= 11 is 5.98. The van der Waals surface area contributed by atoms with E-state index in [0.29, 0.717) is 0 Å². The van der Waals surface area contributed by atoms with Crippen molar-refractivity contribution in [3.8, 4) is 0 Å². The number of benzene rings is 1. The van der Waals surface area contributed by atoms with Gasteiger partial charge in [-0.05, 0) is 42.5 Å². The number of anilines is 1. The first kappa shape index (κ1) is 12.9. The molecule has 0 amide bonds. The molecular formula is C16H14ClN3. The fourth-order valence-corrected chi connectivity index (χ4v) is 2.29. The van der Waals surface area contributed by atoms with Gasteiger partial charge in [0.05, 0.1) is 17.8 Å². The van der Waals surface area contributed by atoms with Gasteiger partial charge in [0.25, 0.3) is 0 Å². The standard InChI is InChI=1S/C16H14ClN3/c1-20(11-14-4-2-3-9-18-14)16-8-5-12-10-13(17)6-7-15(12)19-16/h2-10H,11H2,1H3. The van der Waals surface area contributed by atoms with E-state index in [1.807, 2.05) is 55.6 Å². The Labute approximate surface area is 122 Å². The minimum absolute atomic E-state index is 0.729. The number of halogens is 1. The average Bonchev–Trinajstić information content (AvgIpc) is 2.47. The second-order valence-electron chi connectivity index (χ2n) is 4.68. The number of fused-ring (bicyclic) bond motifs is 1. The molecule has 0 aliphatic rings. The summed E-state index contributed by atoms with van der Waals surface area (Å²) in [4.78, 5) is 11.1. The summed E-state index contributed by atoms with van der Waals surface area (Å²) in [5.41, 5.74) is 1.97. The molecule has 0 aliphatic heterocycles. The molecule has 3 rings (SSSR count). The Morgan fingerprint density at radius 1 is 1.10 bits per heavy atom. The number of hydrogen-bond acceptors (Lipinski definition) is 3. The maximum absolute atomic E-state index is 5.98. The zero-order valence-corrected chi connectivity index (χ0v) is 11.9. The first-order chi connectivity index (χ1) is 9.72. The highest BCUT2D eigenvalue weighted by atomic mass is 35.5. The molecule has 2 aromatic heterocycles. The van der Waals surface area contributed by atoms with Crippen LogP contribution in [-0.4, -0.2) is 17.0 Å². The van der Waals surface area contributed by atoms with Crippen LogP contribution in [0.2, 0.25) is 5.02 Å². The van der Waals surface area contributed by atoms with E-state index in [0.717, 1.165) is 34.0 Å². The molecule has 0 saturated heterocycles. The summed E-state index contributed by atoms with van der Waals surface area (Å²) in [7, 11) is 2.01. The Morgan fingerprint density at radius 2 is 2.00 bits per heavy atom. The highest BCUT2D eigenvalue weighted by molar-refractivity contribution is 6.31. The van der Waals surface area contributed by atoms with Gasteiger partial charge in [-0.15, -0.1) is 0 Å². The number of aromatic nitrogens is 2. The molecule has 3 aromatic rings. The molecule has 0 spiro atoms. The molecule has 0 N–H and O–H groups in total. The molecule has 4 heteroatoms. The smallest absolute Gasteiger partial charge is 0.129 e. The molecule has 3 nitrogen and oxygen atoms in total. The minimum Gasteiger partial charge on any atom is -0.354 e. The van der Waals surface area contributed by atoms with Crippen molar-refractivity contribution in [2.24, 2.45) is 0 Å². The van der Waals surface area contributed by atoms with Crippen LogP contribution in [0.4, 0.5) is 5.82 Å². The lowest BCUT2D eigenvalue weighted by Crippen LogP contribution is -2.18. The van der Waals surface area contributed by atoms with Crippen molar-refractivity contribution in [3.63, 3.8) is 0 Å². The van der Waals surface area contributed by atoms with Gasteiger partial charge in [0.15, 0.2) is 0 Å². The number of hydrogen-bond donors (Lipinski definition) is 0. The van der Waals surface area contributed by atoms with E-state index in [1.54, 1.807) is 6.20 Å². The van der Waals surface area contributed by atoms with Gasteiger partial charge in [0.2, 0.25) is 0 Å². The molecular weight excluding hydrogens is 270 g/mol. The lowest BCUT2D eigenvalue weighted by atomic mass is 10.2. The molecule has 0 radical (unpaired) electrons. The number of pyridine rings is 2. The lowest BCUT2D eigenvalue weighted by molar-refractivity contribution is 0.869. The Bertz CT molecular complexity index is 728. The third-order valence-electron chi connectivity index (χ3n) is 3.15. The first-order valence-corrected chi connectivity index (χ1v) is 6.77. The summed E-state index contributed by atoms with van der Waals surface area (Å²) in [6.45, 7) is 0.729. The molecule has 0 fully saturated rings. The molecule has 0 atom stereocenters. The van der Waals surface area contributed by atoms with E-state index >= 15 is 0 Å². The molecule has 0 saturated carbocycles. The quantitative estimate of drug-likeness (QED) is 0.729. The predicted molar refractivity (Wildman–Crippen MR) is 83.1 cm³/mol. The van der Waals surface area contributed by atoms with Crippen LogP contribution in [0.1, 0.15) is 5.69 Å². The zero-order valence-electron chi connectivity index (χ0n) is 11.1. The third-order valence-corrected chi connectivity index (χ3v) is 3.39. The lowest BCUT2D eigenvalue weighted by Gasteiger charge is -2.18. The van der Waals surface area contributed by atoms with Crippen LogP contribution in [-0.2, 0) is 6.54 Å². The Morgan fingerprint density at radius 3 is 2.80 bits per heavy atom. The van der Waals surface area contributed by atoms with Crippen LogP contribution in [0.5, 0.6) is 0 Å². The van der Waals surface area contributed by atoms with Gasteiger partial charge in [-0.1, -0.05) is 17.7 Å². The number of nitrogens with zero attached hydrogens (tertiary/aromatic N) is 3. The van der Waals surface area contributed by atoms with Crippen molar-refractivity contribution < 1.29 is 0 Å². The minimum atomic E-state index is 0.729. The van der Waals surface area contributed by atoms with Crippen LogP contribution in [0.3, 0.4) is 0 Å². The van der Waals surface area contributed by atoms with Gasteiger partial charge in [-0.25, -0.2) is 4.98 Å². The molecule has 0 bridgehead atoms. The van der Waals surface area contributed by atoms with Gasteiger partial charge in [0.1, 0.15) is 5.82 Å². The predicted octanol–water partition coefficient (Wildman–Crippen LogP) is 3.92. The normalized spacial score (nSPS) is 10.7. The van der Waals surface area contributed by atoms with E-state index in [4.69, 9.17) is 11.6 Å². The van der Waals surface area contributed by atoms with Gasteiger partial charge in [-0.3, -0.25) is 4.98 Å². The van der Waals surface area contributed by atoms with Gasteiger partial charge < -0.3 is 4.90 Å². The average molecular weight is 284 g/mol. The Hall–Kier alpha value is -2.13. The maximum atomic E-state index is 5.98. The van der Waals surface area contributed by atoms with Crippen molar-refractivity contribution in [1.29, 1.82) is 0 Å². The van der Waals surface area contributed by atoms with E-state index in [-0.39, 0.29) is 0 Å². The van der Waals surface area contributed by atoms with Gasteiger partial charge in [-0.2, -0.15) is 0 Å². The molecule has 1 aromatic carbocycles. The fraction of sp³-hybridized carbons (Fsp3) is 0.125. The van der Waals surface area contributed by atoms with E-state index in [2.05, 4.69) is 14.9 Å². The van der Waals surface area contributed by atoms with Crippen LogP contribution in [0.25, 0.3) is 10.9 Å². The molecule has 0 unspecified atom stereocenters. The second kappa shape index (κ2) is 5.47. The third kappa shape index (κ3) is 2.73. The second-order valence-corrected chi connectivity index (χ2v) is 5.12. The summed E-state index contributed by atoms with van der Waals surface area (Å²) in [6, 6.07) is 15.7. The summed E-state index contributed by atoms with van der Waals surface area (Å²) in [6.07, 6.45) is 1.80. The van der Waals surface area contributed by atoms with Crippen molar-refractivity contribution in [1.82, 2.24) is 9.97 Å². The topological polar surface area (TPSA) is 29.0 Å². The number of rotatable bonds is 3.